The van der Waals surface area contributed by atoms with E-state index in [0.717, 1.165) is 12.1 Å². The minimum absolute atomic E-state index is 0.0538. The second kappa shape index (κ2) is 4.91. The van der Waals surface area contributed by atoms with E-state index < -0.39 is 34.1 Å². The highest BCUT2D eigenvalue weighted by Crippen LogP contribution is 2.32. The fourth-order valence-electron chi connectivity index (χ4n) is 1.15. The third-order valence-electron chi connectivity index (χ3n) is 1.84. The quantitative estimate of drug-likeness (QED) is 0.619. The molecule has 0 radical (unpaired) electrons. The van der Waals surface area contributed by atoms with Gasteiger partial charge in [-0.3, -0.25) is 4.79 Å². The lowest BCUT2D eigenvalue weighted by Gasteiger charge is -2.11. The Morgan fingerprint density at radius 2 is 2.00 bits per heavy atom. The van der Waals surface area contributed by atoms with E-state index in [1.54, 1.807) is 0 Å². The van der Waals surface area contributed by atoms with Crippen molar-refractivity contribution >= 4 is 17.4 Å². The second-order valence-corrected chi connectivity index (χ2v) is 3.40. The van der Waals surface area contributed by atoms with Gasteiger partial charge in [0.1, 0.15) is 0 Å². The van der Waals surface area contributed by atoms with Crippen LogP contribution in [0, 0.1) is 5.82 Å². The Bertz CT molecular complexity index is 443. The van der Waals surface area contributed by atoms with Crippen LogP contribution < -0.4 is 4.74 Å². The van der Waals surface area contributed by atoms with Crippen molar-refractivity contribution in [2.75, 3.05) is 6.61 Å². The summed E-state index contributed by atoms with van der Waals surface area (Å²) in [7, 11) is 0. The highest BCUT2D eigenvalue weighted by molar-refractivity contribution is 6.34. The number of Topliss-reactive ketones (excluding diaryl/α,β-unsaturated/α-hetero) is 1. The predicted molar refractivity (Wildman–Crippen MR) is 53.0 cm³/mol. The van der Waals surface area contributed by atoms with Crippen LogP contribution in [-0.2, 0) is 0 Å². The van der Waals surface area contributed by atoms with Gasteiger partial charge in [0.15, 0.2) is 11.6 Å². The molecule has 1 aromatic carbocycles. The van der Waals surface area contributed by atoms with Gasteiger partial charge < -0.3 is 4.74 Å². The summed E-state index contributed by atoms with van der Waals surface area (Å²) < 4.78 is 54.9. The van der Waals surface area contributed by atoms with Gasteiger partial charge in [-0.2, -0.15) is 13.2 Å². The van der Waals surface area contributed by atoms with Crippen molar-refractivity contribution in [3.8, 4) is 5.75 Å². The molecule has 1 rings (SSSR count). The van der Waals surface area contributed by atoms with Crippen LogP contribution in [0.4, 0.5) is 17.6 Å². The van der Waals surface area contributed by atoms with E-state index in [1.165, 1.54) is 6.92 Å². The summed E-state index contributed by atoms with van der Waals surface area (Å²) in [5.41, 5.74) is -1.22. The highest BCUT2D eigenvalue weighted by Gasteiger charge is 2.42. The summed E-state index contributed by atoms with van der Waals surface area (Å²) in [4.78, 5) is 11.0. The summed E-state index contributed by atoms with van der Waals surface area (Å²) in [6.45, 7) is 1.58. The standard InChI is InChI=1S/C10H7ClF4O2/c1-2-17-6-4-3-5(11)7(8(6)12)9(16)10(13,14)15/h3-4H,2H2,1H3. The topological polar surface area (TPSA) is 26.3 Å². The first kappa shape index (κ1) is 13.8. The largest absolute Gasteiger partial charge is 0.491 e. The Morgan fingerprint density at radius 3 is 2.47 bits per heavy atom. The van der Waals surface area contributed by atoms with Crippen molar-refractivity contribution in [2.24, 2.45) is 0 Å². The molecule has 94 valence electrons. The molecule has 2 nitrogen and oxygen atoms in total. The Kier molecular flexibility index (Phi) is 3.98. The number of halogens is 5. The Morgan fingerprint density at radius 1 is 1.41 bits per heavy atom. The molecule has 0 N–H and O–H groups in total. The second-order valence-electron chi connectivity index (χ2n) is 2.99. The average Bonchev–Trinajstić information content (AvgIpc) is 2.21. The van der Waals surface area contributed by atoms with Gasteiger partial charge in [0.2, 0.25) is 0 Å². The summed E-state index contributed by atoms with van der Waals surface area (Å²) in [6, 6.07) is 2.04. The number of rotatable bonds is 3. The molecule has 0 aliphatic rings. The third kappa shape index (κ3) is 2.88. The van der Waals surface area contributed by atoms with E-state index >= 15 is 0 Å². The molecule has 0 heterocycles. The molecule has 0 atom stereocenters. The first-order chi connectivity index (χ1) is 7.79. The maximum Gasteiger partial charge on any atom is 0.455 e. The van der Waals surface area contributed by atoms with Crippen molar-refractivity contribution in [3.63, 3.8) is 0 Å². The third-order valence-corrected chi connectivity index (χ3v) is 2.16. The van der Waals surface area contributed by atoms with Crippen LogP contribution >= 0.6 is 11.6 Å². The number of hydrogen-bond donors (Lipinski definition) is 0. The van der Waals surface area contributed by atoms with Gasteiger partial charge in [0, 0.05) is 0 Å². The first-order valence-electron chi connectivity index (χ1n) is 4.51. The summed E-state index contributed by atoms with van der Waals surface area (Å²) in [5.74, 6) is -4.17. The normalized spacial score (nSPS) is 11.4. The van der Waals surface area contributed by atoms with Crippen LogP contribution in [0.1, 0.15) is 17.3 Å². The van der Waals surface area contributed by atoms with E-state index in [4.69, 9.17) is 16.3 Å². The Labute approximate surface area is 99.1 Å². The van der Waals surface area contributed by atoms with Gasteiger partial charge in [0.05, 0.1) is 17.2 Å². The SMILES string of the molecule is CCOc1ccc(Cl)c(C(=O)C(F)(F)F)c1F. The zero-order chi connectivity index (χ0) is 13.2. The molecule has 0 bridgehead atoms. The molecule has 0 spiro atoms. The van der Waals surface area contributed by atoms with Crippen LogP contribution in [0.3, 0.4) is 0 Å². The number of ketones is 1. The van der Waals surface area contributed by atoms with E-state index in [0.29, 0.717) is 0 Å². The number of ether oxygens (including phenoxy) is 1. The summed E-state index contributed by atoms with van der Waals surface area (Å²) >= 11 is 5.39. The molecule has 0 saturated heterocycles. The fraction of sp³-hybridized carbons (Fsp3) is 0.300. The van der Waals surface area contributed by atoms with Crippen LogP contribution in [0.25, 0.3) is 0 Å². The van der Waals surface area contributed by atoms with Crippen molar-refractivity contribution < 1.29 is 27.1 Å². The van der Waals surface area contributed by atoms with E-state index in [2.05, 4.69) is 0 Å². The minimum Gasteiger partial charge on any atom is -0.491 e. The smallest absolute Gasteiger partial charge is 0.455 e. The molecule has 1 aromatic rings. The van der Waals surface area contributed by atoms with Gasteiger partial charge in [0.25, 0.3) is 5.78 Å². The predicted octanol–water partition coefficient (Wildman–Crippen LogP) is 3.62. The highest BCUT2D eigenvalue weighted by atomic mass is 35.5. The number of carbonyl (C=O) groups excluding carboxylic acids is 1. The lowest BCUT2D eigenvalue weighted by atomic mass is 10.1. The minimum atomic E-state index is -5.19. The molecule has 0 unspecified atom stereocenters. The van der Waals surface area contributed by atoms with Gasteiger partial charge >= 0.3 is 6.18 Å². The molecule has 0 aromatic heterocycles. The fourth-order valence-corrected chi connectivity index (χ4v) is 1.38. The number of benzene rings is 1. The molecule has 0 fully saturated rings. The van der Waals surface area contributed by atoms with E-state index in [1.807, 2.05) is 0 Å². The molecular formula is C10H7ClF4O2. The van der Waals surface area contributed by atoms with Gasteiger partial charge in [-0.05, 0) is 19.1 Å². The van der Waals surface area contributed by atoms with Crippen LogP contribution in [0.15, 0.2) is 12.1 Å². The van der Waals surface area contributed by atoms with E-state index in [9.17, 15) is 22.4 Å². The van der Waals surface area contributed by atoms with Gasteiger partial charge in [-0.15, -0.1) is 0 Å². The number of alkyl halides is 3. The first-order valence-corrected chi connectivity index (χ1v) is 4.89. The number of carbonyl (C=O) groups is 1. The molecule has 0 aliphatic heterocycles. The lowest BCUT2D eigenvalue weighted by molar-refractivity contribution is -0.0887. The number of hydrogen-bond acceptors (Lipinski definition) is 2. The molecule has 0 amide bonds. The monoisotopic (exact) mass is 270 g/mol. The zero-order valence-corrected chi connectivity index (χ0v) is 9.32. The zero-order valence-electron chi connectivity index (χ0n) is 8.57. The van der Waals surface area contributed by atoms with E-state index in [-0.39, 0.29) is 6.61 Å². The average molecular weight is 271 g/mol. The lowest BCUT2D eigenvalue weighted by Crippen LogP contribution is -2.24. The maximum atomic E-state index is 13.6. The van der Waals surface area contributed by atoms with Crippen molar-refractivity contribution in [1.82, 2.24) is 0 Å². The maximum absolute atomic E-state index is 13.6. The van der Waals surface area contributed by atoms with Crippen LogP contribution in [0.5, 0.6) is 5.75 Å². The molecule has 0 saturated carbocycles. The Hall–Kier alpha value is -1.30. The van der Waals surface area contributed by atoms with Crippen molar-refractivity contribution in [2.45, 2.75) is 13.1 Å². The summed E-state index contributed by atoms with van der Waals surface area (Å²) in [5, 5.41) is -0.603. The van der Waals surface area contributed by atoms with Crippen molar-refractivity contribution in [1.29, 1.82) is 0 Å². The van der Waals surface area contributed by atoms with Gasteiger partial charge in [-0.1, -0.05) is 11.6 Å². The van der Waals surface area contributed by atoms with Crippen LogP contribution in [0.2, 0.25) is 5.02 Å². The van der Waals surface area contributed by atoms with Crippen molar-refractivity contribution in [3.05, 3.63) is 28.5 Å². The molecular weight excluding hydrogens is 264 g/mol. The molecule has 0 aliphatic carbocycles. The molecule has 17 heavy (non-hydrogen) atoms. The Balaban J connectivity index is 3.32. The molecule has 7 heteroatoms. The summed E-state index contributed by atoms with van der Waals surface area (Å²) in [6.07, 6.45) is -5.19. The van der Waals surface area contributed by atoms with Crippen LogP contribution in [-0.4, -0.2) is 18.6 Å². The van der Waals surface area contributed by atoms with Gasteiger partial charge in [-0.25, -0.2) is 4.39 Å².